The van der Waals surface area contributed by atoms with Gasteiger partial charge in [-0.2, -0.15) is 13.2 Å². The van der Waals surface area contributed by atoms with Gasteiger partial charge in [-0.05, 0) is 11.6 Å². The molecule has 0 spiro atoms. The lowest BCUT2D eigenvalue weighted by Crippen LogP contribution is -2.71. The third kappa shape index (κ3) is 4.55. The highest BCUT2D eigenvalue weighted by Crippen LogP contribution is 2.41. The van der Waals surface area contributed by atoms with Gasteiger partial charge < -0.3 is 26.3 Å². The Balaban J connectivity index is 1.49. The SMILES string of the molecule is Nc1nc(/C(=N/O)C(=O)N[C@@H]2C(=O)N3C(C(=O)O)=C(/C=C4/CN(CC(F)(F)F)C4=O)CS[C@H]23)cs1. The number of β-lactam (4-membered cyclic amide) rings is 2. The number of allylic oxidation sites excluding steroid dienone is 1. The Morgan fingerprint density at radius 2 is 2.09 bits per heavy atom. The van der Waals surface area contributed by atoms with E-state index in [1.54, 1.807) is 0 Å². The Labute approximate surface area is 201 Å². The summed E-state index contributed by atoms with van der Waals surface area (Å²) in [6.45, 7) is -1.72. The third-order valence-electron chi connectivity index (χ3n) is 5.21. The maximum absolute atomic E-state index is 12.7. The molecular formula is C18H15F3N6O6S2. The number of fused-ring (bicyclic) bond motifs is 1. The first-order valence-corrected chi connectivity index (χ1v) is 11.6. The molecule has 1 aromatic rings. The fourth-order valence-electron chi connectivity index (χ4n) is 3.69. The van der Waals surface area contributed by atoms with Gasteiger partial charge in [-0.1, -0.05) is 5.16 Å². The number of halogens is 3. The number of nitrogens with one attached hydrogen (secondary N) is 1. The van der Waals surface area contributed by atoms with Gasteiger partial charge in [-0.3, -0.25) is 19.3 Å². The molecule has 2 atom stereocenters. The monoisotopic (exact) mass is 532 g/mol. The van der Waals surface area contributed by atoms with E-state index in [9.17, 15) is 42.7 Å². The van der Waals surface area contributed by atoms with E-state index in [4.69, 9.17) is 5.73 Å². The molecule has 17 heteroatoms. The minimum absolute atomic E-state index is 0.00814. The molecule has 1 aromatic heterocycles. The molecule has 0 unspecified atom stereocenters. The topological polar surface area (TPSA) is 179 Å². The summed E-state index contributed by atoms with van der Waals surface area (Å²) in [5.74, 6) is -4.03. The zero-order chi connectivity index (χ0) is 25.7. The summed E-state index contributed by atoms with van der Waals surface area (Å²) in [5, 5.41) is 24.8. The number of thiazole rings is 1. The van der Waals surface area contributed by atoms with Crippen LogP contribution in [0.25, 0.3) is 0 Å². The molecule has 5 N–H and O–H groups in total. The number of aliphatic carboxylic acids is 1. The third-order valence-corrected chi connectivity index (χ3v) is 7.18. The smallest absolute Gasteiger partial charge is 0.406 e. The summed E-state index contributed by atoms with van der Waals surface area (Å²) < 4.78 is 37.5. The molecule has 3 amide bonds. The number of alkyl halides is 3. The Hall–Kier alpha value is -3.60. The maximum atomic E-state index is 12.7. The summed E-state index contributed by atoms with van der Waals surface area (Å²) in [6.07, 6.45) is -3.37. The van der Waals surface area contributed by atoms with Gasteiger partial charge in [-0.25, -0.2) is 9.78 Å². The number of nitrogen functional groups attached to an aromatic ring is 1. The van der Waals surface area contributed by atoms with Crippen molar-refractivity contribution in [3.05, 3.63) is 34.0 Å². The number of oxime groups is 1. The van der Waals surface area contributed by atoms with Crippen molar-refractivity contribution in [3.63, 3.8) is 0 Å². The van der Waals surface area contributed by atoms with E-state index >= 15 is 0 Å². The first-order valence-electron chi connectivity index (χ1n) is 9.63. The number of hydrogen-bond acceptors (Lipinski definition) is 10. The predicted molar refractivity (Wildman–Crippen MR) is 115 cm³/mol. The van der Waals surface area contributed by atoms with E-state index in [1.807, 2.05) is 0 Å². The molecule has 4 rings (SSSR count). The second-order valence-electron chi connectivity index (χ2n) is 7.51. The van der Waals surface area contributed by atoms with Gasteiger partial charge in [0.2, 0.25) is 0 Å². The predicted octanol–water partition coefficient (Wildman–Crippen LogP) is -0.0269. The molecule has 3 aliphatic heterocycles. The van der Waals surface area contributed by atoms with Crippen LogP contribution in [0.2, 0.25) is 0 Å². The van der Waals surface area contributed by atoms with Crippen LogP contribution in [0.3, 0.4) is 0 Å². The fraction of sp³-hybridized carbons (Fsp3) is 0.333. The number of anilines is 1. The van der Waals surface area contributed by atoms with Gasteiger partial charge in [0.25, 0.3) is 17.7 Å². The zero-order valence-electron chi connectivity index (χ0n) is 17.3. The highest BCUT2D eigenvalue weighted by molar-refractivity contribution is 8.00. The molecule has 0 aliphatic carbocycles. The number of nitrogens with zero attached hydrogens (tertiary/aromatic N) is 4. The van der Waals surface area contributed by atoms with Gasteiger partial charge in [0.1, 0.15) is 29.4 Å². The molecule has 12 nitrogen and oxygen atoms in total. The molecule has 0 saturated carbocycles. The number of carboxylic acids is 1. The fourth-order valence-corrected chi connectivity index (χ4v) is 5.55. The van der Waals surface area contributed by atoms with E-state index in [-0.39, 0.29) is 34.3 Å². The van der Waals surface area contributed by atoms with Crippen molar-refractivity contribution >= 4 is 57.6 Å². The number of carboxylic acid groups (broad SMARTS) is 1. The van der Waals surface area contributed by atoms with Crippen LogP contribution in [0.15, 0.2) is 33.5 Å². The highest BCUT2D eigenvalue weighted by Gasteiger charge is 2.54. The van der Waals surface area contributed by atoms with Crippen molar-refractivity contribution in [3.8, 4) is 0 Å². The molecule has 186 valence electrons. The zero-order valence-corrected chi connectivity index (χ0v) is 18.9. The number of likely N-dealkylation sites (tertiary alicyclic amines) is 1. The van der Waals surface area contributed by atoms with E-state index in [0.29, 0.717) is 4.90 Å². The van der Waals surface area contributed by atoms with Crippen molar-refractivity contribution < 1.29 is 42.7 Å². The lowest BCUT2D eigenvalue weighted by atomic mass is 9.99. The normalized spacial score (nSPS) is 23.7. The molecule has 2 fully saturated rings. The first-order chi connectivity index (χ1) is 16.4. The summed E-state index contributed by atoms with van der Waals surface area (Å²) in [7, 11) is 0. The van der Waals surface area contributed by atoms with Crippen molar-refractivity contribution in [1.29, 1.82) is 0 Å². The van der Waals surface area contributed by atoms with Crippen LogP contribution in [0, 0.1) is 0 Å². The van der Waals surface area contributed by atoms with Gasteiger partial charge in [0, 0.05) is 16.7 Å². The van der Waals surface area contributed by atoms with Gasteiger partial charge in [0.15, 0.2) is 10.8 Å². The van der Waals surface area contributed by atoms with Crippen LogP contribution in [-0.4, -0.2) is 90.9 Å². The molecule has 0 radical (unpaired) electrons. The number of rotatable bonds is 6. The minimum atomic E-state index is -4.56. The number of carbonyl (C=O) groups is 4. The molecule has 3 aliphatic rings. The number of aromatic nitrogens is 1. The lowest BCUT2D eigenvalue weighted by molar-refractivity contribution is -0.164. The van der Waals surface area contributed by atoms with Gasteiger partial charge >= 0.3 is 12.1 Å². The Kier molecular flexibility index (Phi) is 6.22. The van der Waals surface area contributed by atoms with Crippen molar-refractivity contribution in [1.82, 2.24) is 20.1 Å². The second-order valence-corrected chi connectivity index (χ2v) is 9.50. The number of amides is 3. The van der Waals surface area contributed by atoms with E-state index < -0.39 is 59.2 Å². The molecule has 0 bridgehead atoms. The van der Waals surface area contributed by atoms with Crippen molar-refractivity contribution in [2.24, 2.45) is 5.16 Å². The van der Waals surface area contributed by atoms with Gasteiger partial charge in [0.05, 0.1) is 6.54 Å². The quantitative estimate of drug-likeness (QED) is 0.129. The summed E-state index contributed by atoms with van der Waals surface area (Å²) >= 11 is 2.08. The van der Waals surface area contributed by atoms with Crippen LogP contribution >= 0.6 is 23.1 Å². The van der Waals surface area contributed by atoms with Crippen LogP contribution in [-0.2, 0) is 19.2 Å². The molecule has 35 heavy (non-hydrogen) atoms. The van der Waals surface area contributed by atoms with E-state index in [0.717, 1.165) is 28.0 Å². The van der Waals surface area contributed by atoms with E-state index in [1.165, 1.54) is 11.5 Å². The van der Waals surface area contributed by atoms with Gasteiger partial charge in [-0.15, -0.1) is 23.1 Å². The number of hydrogen-bond donors (Lipinski definition) is 4. The number of thioether (sulfide) groups is 1. The summed E-state index contributed by atoms with van der Waals surface area (Å²) in [6, 6.07) is -1.14. The van der Waals surface area contributed by atoms with E-state index in [2.05, 4.69) is 15.5 Å². The molecule has 0 aromatic carbocycles. The average molecular weight is 532 g/mol. The van der Waals surface area contributed by atoms with Crippen molar-refractivity contribution in [2.75, 3.05) is 24.6 Å². The number of carbonyl (C=O) groups excluding carboxylic acids is 3. The number of nitrogens with two attached hydrogens (primary N) is 1. The standard InChI is InChI=1S/C18H15F3N6O6S2/c19-18(20,21)5-26-2-6(13(26)29)1-7-3-34-15-10(14(30)27(15)11(7)16(31)32)24-12(28)9(25-33)8-4-35-17(22)23-8/h1,4,10,15,33H,2-3,5H2,(H2,22,23)(H,24,28)(H,31,32)/b6-1-,25-9-/t10-,15-/m1/s1. The maximum Gasteiger partial charge on any atom is 0.406 e. The highest BCUT2D eigenvalue weighted by atomic mass is 32.2. The van der Waals surface area contributed by atoms with Crippen LogP contribution < -0.4 is 11.1 Å². The van der Waals surface area contributed by atoms with Crippen molar-refractivity contribution in [2.45, 2.75) is 17.6 Å². The minimum Gasteiger partial charge on any atom is -0.477 e. The summed E-state index contributed by atoms with van der Waals surface area (Å²) in [5.41, 5.74) is 4.65. The molecule has 4 heterocycles. The lowest BCUT2D eigenvalue weighted by Gasteiger charge is -2.49. The Bertz CT molecular complexity index is 1230. The second kappa shape index (κ2) is 8.88. The van der Waals surface area contributed by atoms with Crippen LogP contribution in [0.5, 0.6) is 0 Å². The Morgan fingerprint density at radius 1 is 1.37 bits per heavy atom. The average Bonchev–Trinajstić information content (AvgIpc) is 3.21. The Morgan fingerprint density at radius 3 is 2.63 bits per heavy atom. The molecule has 2 saturated heterocycles. The van der Waals surface area contributed by atoms with Crippen LogP contribution in [0.4, 0.5) is 18.3 Å². The molecular weight excluding hydrogens is 517 g/mol. The van der Waals surface area contributed by atoms with Crippen LogP contribution in [0.1, 0.15) is 5.69 Å². The summed E-state index contributed by atoms with van der Waals surface area (Å²) in [4.78, 5) is 54.5. The largest absolute Gasteiger partial charge is 0.477 e. The first kappa shape index (κ1) is 24.5.